The molecule has 1 aliphatic rings. The molecule has 0 saturated carbocycles. The Morgan fingerprint density at radius 3 is 2.58 bits per heavy atom. The highest BCUT2D eigenvalue weighted by Gasteiger charge is 2.28. The first-order chi connectivity index (χ1) is 14.5. The van der Waals surface area contributed by atoms with E-state index in [4.69, 9.17) is 9.47 Å². The van der Waals surface area contributed by atoms with Crippen LogP contribution in [0.4, 0.5) is 0 Å². The smallest absolute Gasteiger partial charge is 0.213 e. The molecule has 1 atom stereocenters. The topological polar surface area (TPSA) is 102 Å². The van der Waals surface area contributed by atoms with E-state index in [9.17, 15) is 8.42 Å². The van der Waals surface area contributed by atoms with Crippen molar-refractivity contribution in [1.82, 2.24) is 15.6 Å². The summed E-state index contributed by atoms with van der Waals surface area (Å²) in [7, 11) is -2.93. The van der Waals surface area contributed by atoms with Crippen LogP contribution in [0.3, 0.4) is 0 Å². The molecule has 0 amide bonds. The maximum absolute atomic E-state index is 11.6. The van der Waals surface area contributed by atoms with Crippen molar-refractivity contribution in [2.24, 2.45) is 4.99 Å². The third kappa shape index (κ3) is 8.90. The predicted octanol–water partition coefficient (Wildman–Crippen LogP) is 2.40. The number of para-hydroxylation sites is 1. The van der Waals surface area contributed by atoms with Gasteiger partial charge in [0, 0.05) is 24.8 Å². The zero-order chi connectivity index (χ0) is 21.2. The number of pyridine rings is 1. The van der Waals surface area contributed by atoms with Crippen LogP contribution in [0.2, 0.25) is 0 Å². The van der Waals surface area contributed by atoms with Gasteiger partial charge >= 0.3 is 0 Å². The molecule has 3 rings (SSSR count). The lowest BCUT2D eigenvalue weighted by Crippen LogP contribution is -2.44. The highest BCUT2D eigenvalue weighted by molar-refractivity contribution is 14.0. The third-order valence-corrected chi connectivity index (χ3v) is 6.25. The minimum absolute atomic E-state index is 0. The van der Waals surface area contributed by atoms with E-state index in [1.807, 2.05) is 43.3 Å². The molecule has 31 heavy (non-hydrogen) atoms. The molecule has 1 aliphatic heterocycles. The summed E-state index contributed by atoms with van der Waals surface area (Å²) in [6.07, 6.45) is 2.33. The van der Waals surface area contributed by atoms with Gasteiger partial charge in [-0.2, -0.15) is 0 Å². The standard InChI is InChI=1S/C21H28N4O4S.HI/c1-2-22-21(25-18-10-13-30(26,27)16-18)24-15-17-8-9-20(23-14-17)29-12-11-28-19-6-4-3-5-7-19;/h3-9,14,18H,2,10-13,15-16H2,1H3,(H2,22,24,25);1H. The molecule has 0 bridgehead atoms. The Balaban J connectivity index is 0.00000341. The van der Waals surface area contributed by atoms with Crippen LogP contribution in [0.1, 0.15) is 18.9 Å². The average molecular weight is 560 g/mol. The van der Waals surface area contributed by atoms with Crippen LogP contribution in [-0.4, -0.2) is 56.7 Å². The van der Waals surface area contributed by atoms with E-state index in [2.05, 4.69) is 20.6 Å². The van der Waals surface area contributed by atoms with Crippen LogP contribution >= 0.6 is 24.0 Å². The number of ether oxygens (including phenoxy) is 2. The molecule has 1 aromatic carbocycles. The summed E-state index contributed by atoms with van der Waals surface area (Å²) in [5.41, 5.74) is 0.930. The predicted molar refractivity (Wildman–Crippen MR) is 132 cm³/mol. The number of sulfone groups is 1. The number of halogens is 1. The van der Waals surface area contributed by atoms with Gasteiger partial charge in [-0.3, -0.25) is 0 Å². The van der Waals surface area contributed by atoms with Crippen molar-refractivity contribution in [2.75, 3.05) is 31.3 Å². The van der Waals surface area contributed by atoms with Crippen LogP contribution in [0.5, 0.6) is 11.6 Å². The van der Waals surface area contributed by atoms with E-state index in [1.165, 1.54) is 0 Å². The second-order valence-corrected chi connectivity index (χ2v) is 9.18. The van der Waals surface area contributed by atoms with E-state index in [0.717, 1.165) is 11.3 Å². The third-order valence-electron chi connectivity index (χ3n) is 4.48. The molecule has 1 unspecified atom stereocenters. The van der Waals surface area contributed by atoms with Crippen LogP contribution in [0.25, 0.3) is 0 Å². The van der Waals surface area contributed by atoms with Gasteiger partial charge in [-0.05, 0) is 31.0 Å². The van der Waals surface area contributed by atoms with Crippen LogP contribution in [0.15, 0.2) is 53.7 Å². The number of aromatic nitrogens is 1. The lowest BCUT2D eigenvalue weighted by molar-refractivity contribution is 0.212. The van der Waals surface area contributed by atoms with Gasteiger partial charge in [-0.15, -0.1) is 24.0 Å². The molecule has 0 spiro atoms. The Morgan fingerprint density at radius 2 is 1.94 bits per heavy atom. The fourth-order valence-corrected chi connectivity index (χ4v) is 4.68. The molecule has 2 heterocycles. The van der Waals surface area contributed by atoms with Gasteiger partial charge in [0.1, 0.15) is 19.0 Å². The summed E-state index contributed by atoms with van der Waals surface area (Å²) in [5.74, 6) is 2.33. The maximum atomic E-state index is 11.6. The Labute approximate surface area is 200 Å². The summed E-state index contributed by atoms with van der Waals surface area (Å²) < 4.78 is 34.4. The van der Waals surface area contributed by atoms with E-state index in [0.29, 0.717) is 44.6 Å². The minimum Gasteiger partial charge on any atom is -0.490 e. The average Bonchev–Trinajstić information content (AvgIpc) is 3.09. The van der Waals surface area contributed by atoms with Gasteiger partial charge in [0.2, 0.25) is 5.88 Å². The van der Waals surface area contributed by atoms with Gasteiger partial charge < -0.3 is 20.1 Å². The fourth-order valence-electron chi connectivity index (χ4n) is 3.00. The molecule has 1 fully saturated rings. The first kappa shape index (κ1) is 25.2. The molecule has 8 nitrogen and oxygen atoms in total. The first-order valence-corrected chi connectivity index (χ1v) is 11.9. The number of hydrogen-bond acceptors (Lipinski definition) is 6. The van der Waals surface area contributed by atoms with Crippen molar-refractivity contribution in [3.8, 4) is 11.6 Å². The molecular weight excluding hydrogens is 531 g/mol. The highest BCUT2D eigenvalue weighted by atomic mass is 127. The molecule has 2 aromatic rings. The van der Waals surface area contributed by atoms with Crippen LogP contribution in [0, 0.1) is 0 Å². The van der Waals surface area contributed by atoms with Crippen LogP contribution < -0.4 is 20.1 Å². The fraction of sp³-hybridized carbons (Fsp3) is 0.429. The number of hydrogen-bond donors (Lipinski definition) is 2. The first-order valence-electron chi connectivity index (χ1n) is 10.0. The normalized spacial score (nSPS) is 17.5. The highest BCUT2D eigenvalue weighted by Crippen LogP contribution is 2.12. The summed E-state index contributed by atoms with van der Waals surface area (Å²) in [5, 5.41) is 6.35. The quantitative estimate of drug-likeness (QED) is 0.210. The Bertz CT molecular complexity index is 924. The van der Waals surface area contributed by atoms with E-state index < -0.39 is 9.84 Å². The monoisotopic (exact) mass is 560 g/mol. The number of benzene rings is 1. The van der Waals surface area contributed by atoms with Crippen molar-refractivity contribution in [2.45, 2.75) is 25.9 Å². The zero-order valence-corrected chi connectivity index (χ0v) is 20.6. The van der Waals surface area contributed by atoms with Crippen molar-refractivity contribution >= 4 is 39.8 Å². The number of nitrogens with zero attached hydrogens (tertiary/aromatic N) is 2. The number of rotatable bonds is 9. The summed E-state index contributed by atoms with van der Waals surface area (Å²) in [4.78, 5) is 8.83. The summed E-state index contributed by atoms with van der Waals surface area (Å²) in [6.45, 7) is 3.93. The lowest BCUT2D eigenvalue weighted by atomic mass is 10.3. The molecule has 0 radical (unpaired) electrons. The largest absolute Gasteiger partial charge is 0.490 e. The Hall–Kier alpha value is -2.08. The number of guanidine groups is 1. The molecular formula is C21H29IN4O4S. The summed E-state index contributed by atoms with van der Waals surface area (Å²) in [6, 6.07) is 13.2. The van der Waals surface area contributed by atoms with Crippen molar-refractivity contribution < 1.29 is 17.9 Å². The molecule has 2 N–H and O–H groups in total. The van der Waals surface area contributed by atoms with Gasteiger partial charge in [-0.1, -0.05) is 24.3 Å². The number of nitrogens with one attached hydrogen (secondary N) is 2. The zero-order valence-electron chi connectivity index (χ0n) is 17.5. The second-order valence-electron chi connectivity index (χ2n) is 6.95. The maximum Gasteiger partial charge on any atom is 0.213 e. The lowest BCUT2D eigenvalue weighted by Gasteiger charge is -2.15. The van der Waals surface area contributed by atoms with Gasteiger partial charge in [0.05, 0.1) is 18.1 Å². The molecule has 1 aromatic heterocycles. The molecule has 10 heteroatoms. The van der Waals surface area contributed by atoms with Gasteiger partial charge in [-0.25, -0.2) is 18.4 Å². The second kappa shape index (κ2) is 12.7. The SMILES string of the molecule is CCNC(=NCc1ccc(OCCOc2ccccc2)nc1)NC1CCS(=O)(=O)C1.I. The van der Waals surface area contributed by atoms with Gasteiger partial charge in [0.25, 0.3) is 0 Å². The molecule has 1 saturated heterocycles. The Kier molecular flexibility index (Phi) is 10.3. The van der Waals surface area contributed by atoms with E-state index in [1.54, 1.807) is 12.3 Å². The molecule has 170 valence electrons. The van der Waals surface area contributed by atoms with Gasteiger partial charge in [0.15, 0.2) is 15.8 Å². The van der Waals surface area contributed by atoms with Crippen molar-refractivity contribution in [1.29, 1.82) is 0 Å². The Morgan fingerprint density at radius 1 is 1.16 bits per heavy atom. The van der Waals surface area contributed by atoms with E-state index >= 15 is 0 Å². The minimum atomic E-state index is -2.93. The van der Waals surface area contributed by atoms with E-state index in [-0.39, 0.29) is 41.5 Å². The number of aliphatic imine (C=N–C) groups is 1. The molecule has 0 aliphatic carbocycles. The van der Waals surface area contributed by atoms with Crippen LogP contribution in [-0.2, 0) is 16.4 Å². The van der Waals surface area contributed by atoms with Crippen molar-refractivity contribution in [3.63, 3.8) is 0 Å². The van der Waals surface area contributed by atoms with Crippen molar-refractivity contribution in [3.05, 3.63) is 54.2 Å². The summed E-state index contributed by atoms with van der Waals surface area (Å²) >= 11 is 0.